The third-order valence-electron chi connectivity index (χ3n) is 3.24. The van der Waals surface area contributed by atoms with Crippen molar-refractivity contribution in [1.82, 2.24) is 25.3 Å². The van der Waals surface area contributed by atoms with Crippen molar-refractivity contribution in [3.63, 3.8) is 0 Å². The van der Waals surface area contributed by atoms with Crippen LogP contribution in [0.1, 0.15) is 16.3 Å². The number of benzene rings is 1. The van der Waals surface area contributed by atoms with Crippen LogP contribution in [0.25, 0.3) is 11.0 Å². The van der Waals surface area contributed by atoms with Crippen LogP contribution < -0.4 is 10.2 Å². The van der Waals surface area contributed by atoms with E-state index < -0.39 is 0 Å². The summed E-state index contributed by atoms with van der Waals surface area (Å²) < 4.78 is 0. The second-order valence-corrected chi connectivity index (χ2v) is 5.15. The quantitative estimate of drug-likeness (QED) is 0.784. The summed E-state index contributed by atoms with van der Waals surface area (Å²) in [6, 6.07) is 9.22. The van der Waals surface area contributed by atoms with Gasteiger partial charge in [-0.05, 0) is 18.2 Å². The van der Waals surface area contributed by atoms with E-state index in [1.54, 1.807) is 12.3 Å². The van der Waals surface area contributed by atoms with Crippen molar-refractivity contribution in [2.24, 2.45) is 0 Å². The number of hydrogen-bond donors (Lipinski definition) is 1. The molecule has 0 radical (unpaired) electrons. The number of hydrogen-bond acceptors (Lipinski definition) is 6. The average Bonchev–Trinajstić information content (AvgIpc) is 2.59. The fourth-order valence-electron chi connectivity index (χ4n) is 2.04. The number of carbonyl (C=O) groups excluding carboxylic acids is 1. The first-order valence-electron chi connectivity index (χ1n) is 7.13. The van der Waals surface area contributed by atoms with Gasteiger partial charge in [0.05, 0.1) is 23.8 Å². The van der Waals surface area contributed by atoms with Crippen molar-refractivity contribution in [3.8, 4) is 0 Å². The fraction of sp³-hybridized carbons (Fsp3) is 0.188. The third kappa shape index (κ3) is 3.39. The van der Waals surface area contributed by atoms with Crippen molar-refractivity contribution >= 4 is 22.8 Å². The second-order valence-electron chi connectivity index (χ2n) is 5.15. The van der Waals surface area contributed by atoms with E-state index in [9.17, 15) is 4.79 Å². The van der Waals surface area contributed by atoms with Gasteiger partial charge in [-0.15, -0.1) is 0 Å². The minimum atomic E-state index is -0.304. The number of amides is 1. The smallest absolute Gasteiger partial charge is 0.271 e. The van der Waals surface area contributed by atoms with Gasteiger partial charge in [0.25, 0.3) is 5.91 Å². The second kappa shape index (κ2) is 6.35. The Bertz CT molecular complexity index is 849. The molecule has 0 bridgehead atoms. The molecule has 0 aliphatic rings. The van der Waals surface area contributed by atoms with E-state index in [0.717, 1.165) is 11.3 Å². The maximum absolute atomic E-state index is 12.2. The van der Waals surface area contributed by atoms with Crippen LogP contribution in [0.3, 0.4) is 0 Å². The summed E-state index contributed by atoms with van der Waals surface area (Å²) in [4.78, 5) is 31.1. The summed E-state index contributed by atoms with van der Waals surface area (Å²) in [7, 11) is 3.80. The Kier molecular flexibility index (Phi) is 4.09. The van der Waals surface area contributed by atoms with E-state index in [4.69, 9.17) is 0 Å². The van der Waals surface area contributed by atoms with E-state index in [1.807, 2.05) is 43.3 Å². The molecule has 7 nitrogen and oxygen atoms in total. The van der Waals surface area contributed by atoms with Crippen LogP contribution in [-0.4, -0.2) is 39.9 Å². The maximum Gasteiger partial charge on any atom is 0.271 e. The molecule has 0 fully saturated rings. The Labute approximate surface area is 133 Å². The largest absolute Gasteiger partial charge is 0.363 e. The highest BCUT2D eigenvalue weighted by Gasteiger charge is 2.10. The SMILES string of the molecule is CN(C)c1ccnc(CNC(=O)c2cnc3ccccc3n2)n1. The number of carbonyl (C=O) groups is 1. The van der Waals surface area contributed by atoms with E-state index in [-0.39, 0.29) is 18.1 Å². The van der Waals surface area contributed by atoms with Gasteiger partial charge >= 0.3 is 0 Å². The van der Waals surface area contributed by atoms with Crippen LogP contribution in [0, 0.1) is 0 Å². The van der Waals surface area contributed by atoms with E-state index in [1.165, 1.54) is 6.20 Å². The van der Waals surface area contributed by atoms with Gasteiger partial charge in [0, 0.05) is 20.3 Å². The molecular weight excluding hydrogens is 292 g/mol. The summed E-state index contributed by atoms with van der Waals surface area (Å²) >= 11 is 0. The lowest BCUT2D eigenvalue weighted by molar-refractivity contribution is 0.0945. The third-order valence-corrected chi connectivity index (χ3v) is 3.24. The minimum absolute atomic E-state index is 0.231. The Morgan fingerprint density at radius 1 is 1.09 bits per heavy atom. The summed E-state index contributed by atoms with van der Waals surface area (Å²) in [6.07, 6.45) is 3.13. The van der Waals surface area contributed by atoms with Gasteiger partial charge in [0.1, 0.15) is 17.3 Å². The van der Waals surface area contributed by atoms with Gasteiger partial charge < -0.3 is 10.2 Å². The van der Waals surface area contributed by atoms with Crippen molar-refractivity contribution < 1.29 is 4.79 Å². The average molecular weight is 308 g/mol. The molecule has 23 heavy (non-hydrogen) atoms. The van der Waals surface area contributed by atoms with Crippen LogP contribution in [0.15, 0.2) is 42.7 Å². The van der Waals surface area contributed by atoms with E-state index in [2.05, 4.69) is 25.3 Å². The first-order chi connectivity index (χ1) is 11.1. The van der Waals surface area contributed by atoms with Gasteiger partial charge in [-0.1, -0.05) is 12.1 Å². The monoisotopic (exact) mass is 308 g/mol. The maximum atomic E-state index is 12.2. The van der Waals surface area contributed by atoms with Gasteiger partial charge in [-0.2, -0.15) is 0 Å². The molecule has 1 N–H and O–H groups in total. The van der Waals surface area contributed by atoms with Crippen LogP contribution in [-0.2, 0) is 6.54 Å². The molecule has 3 aromatic rings. The van der Waals surface area contributed by atoms with Crippen LogP contribution in [0.5, 0.6) is 0 Å². The summed E-state index contributed by atoms with van der Waals surface area (Å²) in [6.45, 7) is 0.231. The van der Waals surface area contributed by atoms with E-state index in [0.29, 0.717) is 11.3 Å². The van der Waals surface area contributed by atoms with Crippen LogP contribution in [0.4, 0.5) is 5.82 Å². The molecule has 0 saturated heterocycles. The molecule has 0 unspecified atom stereocenters. The zero-order valence-electron chi connectivity index (χ0n) is 12.9. The van der Waals surface area contributed by atoms with Crippen LogP contribution in [0.2, 0.25) is 0 Å². The molecule has 2 aromatic heterocycles. The van der Waals surface area contributed by atoms with Crippen molar-refractivity contribution in [2.45, 2.75) is 6.54 Å². The van der Waals surface area contributed by atoms with Crippen molar-refractivity contribution in [3.05, 3.63) is 54.2 Å². The molecule has 0 spiro atoms. The number of rotatable bonds is 4. The highest BCUT2D eigenvalue weighted by atomic mass is 16.1. The van der Waals surface area contributed by atoms with Gasteiger partial charge in [-0.25, -0.2) is 15.0 Å². The molecule has 116 valence electrons. The van der Waals surface area contributed by atoms with Gasteiger partial charge in [-0.3, -0.25) is 9.78 Å². The zero-order chi connectivity index (χ0) is 16.2. The molecule has 7 heteroatoms. The molecular formula is C16H16N6O. The first-order valence-corrected chi connectivity index (χ1v) is 7.13. The summed E-state index contributed by atoms with van der Waals surface area (Å²) in [5.41, 5.74) is 1.71. The molecule has 0 saturated carbocycles. The normalized spacial score (nSPS) is 10.5. The minimum Gasteiger partial charge on any atom is -0.363 e. The summed E-state index contributed by atoms with van der Waals surface area (Å²) in [5, 5.41) is 2.76. The fourth-order valence-corrected chi connectivity index (χ4v) is 2.04. The molecule has 0 atom stereocenters. The standard InChI is InChI=1S/C16H16N6O/c1-22(2)15-7-8-17-14(21-15)10-19-16(23)13-9-18-11-5-3-4-6-12(11)20-13/h3-9H,10H2,1-2H3,(H,19,23). The zero-order valence-corrected chi connectivity index (χ0v) is 12.9. The lowest BCUT2D eigenvalue weighted by Crippen LogP contribution is -2.25. The highest BCUT2D eigenvalue weighted by Crippen LogP contribution is 2.09. The Hall–Kier alpha value is -3.09. The van der Waals surface area contributed by atoms with E-state index >= 15 is 0 Å². The Morgan fingerprint density at radius 3 is 2.65 bits per heavy atom. The van der Waals surface area contributed by atoms with Crippen molar-refractivity contribution in [2.75, 3.05) is 19.0 Å². The number of nitrogens with one attached hydrogen (secondary N) is 1. The lowest BCUT2D eigenvalue weighted by atomic mass is 10.3. The molecule has 0 aliphatic heterocycles. The van der Waals surface area contributed by atoms with Gasteiger partial charge in [0.15, 0.2) is 0 Å². The lowest BCUT2D eigenvalue weighted by Gasteiger charge is -2.11. The predicted molar refractivity (Wildman–Crippen MR) is 87.1 cm³/mol. The topological polar surface area (TPSA) is 83.9 Å². The number of para-hydroxylation sites is 2. The number of nitrogens with zero attached hydrogens (tertiary/aromatic N) is 5. The molecule has 3 rings (SSSR count). The highest BCUT2D eigenvalue weighted by molar-refractivity contribution is 5.93. The Balaban J connectivity index is 1.72. The molecule has 2 heterocycles. The first kappa shape index (κ1) is 14.8. The molecule has 0 aliphatic carbocycles. The summed E-state index contributed by atoms with van der Waals surface area (Å²) in [5.74, 6) is 1.02. The van der Waals surface area contributed by atoms with Crippen LogP contribution >= 0.6 is 0 Å². The number of fused-ring (bicyclic) bond motifs is 1. The Morgan fingerprint density at radius 2 is 1.87 bits per heavy atom. The number of anilines is 1. The predicted octanol–water partition coefficient (Wildman–Crippen LogP) is 1.42. The van der Waals surface area contributed by atoms with Crippen molar-refractivity contribution in [1.29, 1.82) is 0 Å². The molecule has 1 aromatic carbocycles. The molecule has 1 amide bonds. The number of aromatic nitrogens is 4. The van der Waals surface area contributed by atoms with Gasteiger partial charge in [0.2, 0.25) is 0 Å².